The van der Waals surface area contributed by atoms with Crippen LogP contribution >= 0.6 is 11.3 Å². The van der Waals surface area contributed by atoms with E-state index >= 15 is 0 Å². The summed E-state index contributed by atoms with van der Waals surface area (Å²) in [6, 6.07) is 0.439. The summed E-state index contributed by atoms with van der Waals surface area (Å²) in [6.07, 6.45) is 6.02. The van der Waals surface area contributed by atoms with Crippen LogP contribution < -0.4 is 0 Å². The molecule has 1 unspecified atom stereocenters. The van der Waals surface area contributed by atoms with Crippen molar-refractivity contribution in [3.8, 4) is 0 Å². The van der Waals surface area contributed by atoms with Gasteiger partial charge >= 0.3 is 0 Å². The Bertz CT molecular complexity index is 406. The SMILES string of the molecule is O=C1CCCN1C1CCCN(Cc2nccs2)C1. The van der Waals surface area contributed by atoms with Crippen LogP contribution in [0.25, 0.3) is 0 Å². The summed E-state index contributed by atoms with van der Waals surface area (Å²) >= 11 is 1.72. The first-order valence-corrected chi connectivity index (χ1v) is 7.61. The van der Waals surface area contributed by atoms with Gasteiger partial charge in [0.15, 0.2) is 0 Å². The Morgan fingerprint density at radius 1 is 1.39 bits per heavy atom. The van der Waals surface area contributed by atoms with Crippen LogP contribution in [0, 0.1) is 0 Å². The molecule has 0 N–H and O–H groups in total. The van der Waals surface area contributed by atoms with Gasteiger partial charge in [-0.15, -0.1) is 11.3 Å². The van der Waals surface area contributed by atoms with Crippen LogP contribution in [-0.2, 0) is 11.3 Å². The van der Waals surface area contributed by atoms with Crippen LogP contribution in [0.4, 0.5) is 0 Å². The van der Waals surface area contributed by atoms with Gasteiger partial charge < -0.3 is 4.90 Å². The molecule has 1 amide bonds. The number of likely N-dealkylation sites (tertiary alicyclic amines) is 2. The van der Waals surface area contributed by atoms with Crippen LogP contribution in [-0.4, -0.2) is 46.4 Å². The maximum atomic E-state index is 11.8. The van der Waals surface area contributed by atoms with Crippen molar-refractivity contribution in [2.24, 2.45) is 0 Å². The fraction of sp³-hybridized carbons (Fsp3) is 0.692. The van der Waals surface area contributed by atoms with Crippen LogP contribution in [0.5, 0.6) is 0 Å². The highest BCUT2D eigenvalue weighted by Gasteiger charge is 2.31. The molecule has 3 rings (SSSR count). The lowest BCUT2D eigenvalue weighted by atomic mass is 10.0. The Balaban J connectivity index is 1.59. The number of amides is 1. The lowest BCUT2D eigenvalue weighted by Crippen LogP contribution is -2.48. The number of thiazole rings is 1. The minimum atomic E-state index is 0.357. The summed E-state index contributed by atoms with van der Waals surface area (Å²) in [6.45, 7) is 4.06. The molecule has 0 aliphatic carbocycles. The average molecular weight is 265 g/mol. The molecule has 98 valence electrons. The van der Waals surface area contributed by atoms with E-state index in [0.717, 1.165) is 39.0 Å². The maximum absolute atomic E-state index is 11.8. The van der Waals surface area contributed by atoms with Gasteiger partial charge in [0.2, 0.25) is 5.91 Å². The zero-order chi connectivity index (χ0) is 12.4. The molecule has 1 aromatic rings. The molecule has 0 spiro atoms. The van der Waals surface area contributed by atoms with Gasteiger partial charge in [0.05, 0.1) is 6.54 Å². The van der Waals surface area contributed by atoms with Crippen LogP contribution in [0.1, 0.15) is 30.7 Å². The first-order valence-electron chi connectivity index (χ1n) is 6.73. The molecule has 2 aliphatic heterocycles. The third-order valence-corrected chi connectivity index (χ3v) is 4.64. The van der Waals surface area contributed by atoms with Crippen molar-refractivity contribution in [1.82, 2.24) is 14.8 Å². The van der Waals surface area contributed by atoms with E-state index in [1.807, 2.05) is 11.6 Å². The van der Waals surface area contributed by atoms with Gasteiger partial charge in [0.1, 0.15) is 5.01 Å². The van der Waals surface area contributed by atoms with E-state index in [1.54, 1.807) is 11.3 Å². The van der Waals surface area contributed by atoms with Crippen molar-refractivity contribution in [3.63, 3.8) is 0 Å². The van der Waals surface area contributed by atoms with E-state index in [9.17, 15) is 4.79 Å². The molecule has 1 aromatic heterocycles. The molecule has 0 saturated carbocycles. The van der Waals surface area contributed by atoms with Crippen LogP contribution in [0.2, 0.25) is 0 Å². The smallest absolute Gasteiger partial charge is 0.222 e. The number of aromatic nitrogens is 1. The Morgan fingerprint density at radius 3 is 3.06 bits per heavy atom. The van der Waals surface area contributed by atoms with E-state index in [4.69, 9.17) is 0 Å². The number of rotatable bonds is 3. The standard InChI is InChI=1S/C13H19N3OS/c17-13-4-2-7-16(13)11-3-1-6-15(9-11)10-12-14-5-8-18-12/h5,8,11H,1-4,6-7,9-10H2. The van der Waals surface area contributed by atoms with Gasteiger partial charge in [-0.25, -0.2) is 4.98 Å². The zero-order valence-electron chi connectivity index (χ0n) is 10.5. The molecule has 0 bridgehead atoms. The van der Waals surface area contributed by atoms with E-state index in [-0.39, 0.29) is 0 Å². The first-order chi connectivity index (χ1) is 8.83. The molecular weight excluding hydrogens is 246 g/mol. The predicted molar refractivity (Wildman–Crippen MR) is 71.4 cm³/mol. The average Bonchev–Trinajstić information content (AvgIpc) is 3.01. The van der Waals surface area contributed by atoms with E-state index in [2.05, 4.69) is 14.8 Å². The van der Waals surface area contributed by atoms with Crippen molar-refractivity contribution in [2.75, 3.05) is 19.6 Å². The molecular formula is C13H19N3OS. The molecule has 2 fully saturated rings. The molecule has 0 radical (unpaired) electrons. The fourth-order valence-corrected chi connectivity index (χ4v) is 3.66. The summed E-state index contributed by atoms with van der Waals surface area (Å²) in [5.74, 6) is 0.357. The van der Waals surface area contributed by atoms with Gasteiger partial charge in [-0.2, -0.15) is 0 Å². The number of hydrogen-bond donors (Lipinski definition) is 0. The Kier molecular flexibility index (Phi) is 3.61. The Morgan fingerprint density at radius 2 is 2.33 bits per heavy atom. The van der Waals surface area contributed by atoms with Crippen molar-refractivity contribution in [2.45, 2.75) is 38.3 Å². The molecule has 2 aliphatic rings. The Hall–Kier alpha value is -0.940. The molecule has 5 heteroatoms. The van der Waals surface area contributed by atoms with Gasteiger partial charge in [0.25, 0.3) is 0 Å². The zero-order valence-corrected chi connectivity index (χ0v) is 11.4. The van der Waals surface area contributed by atoms with E-state index in [0.29, 0.717) is 11.9 Å². The highest BCUT2D eigenvalue weighted by atomic mass is 32.1. The summed E-state index contributed by atoms with van der Waals surface area (Å²) in [7, 11) is 0. The molecule has 3 heterocycles. The second-order valence-corrected chi connectivity index (χ2v) is 6.13. The molecule has 4 nitrogen and oxygen atoms in total. The second-order valence-electron chi connectivity index (χ2n) is 5.15. The lowest BCUT2D eigenvalue weighted by molar-refractivity contribution is -0.130. The largest absolute Gasteiger partial charge is 0.338 e. The highest BCUT2D eigenvalue weighted by molar-refractivity contribution is 7.09. The number of piperidine rings is 1. The second kappa shape index (κ2) is 5.36. The summed E-state index contributed by atoms with van der Waals surface area (Å²) in [5.41, 5.74) is 0. The topological polar surface area (TPSA) is 36.4 Å². The lowest BCUT2D eigenvalue weighted by Gasteiger charge is -2.37. The van der Waals surface area contributed by atoms with Gasteiger partial charge in [-0.3, -0.25) is 9.69 Å². The number of nitrogens with zero attached hydrogens (tertiary/aromatic N) is 3. The predicted octanol–water partition coefficient (Wildman–Crippen LogP) is 1.73. The monoisotopic (exact) mass is 265 g/mol. The van der Waals surface area contributed by atoms with Crippen LogP contribution in [0.15, 0.2) is 11.6 Å². The quantitative estimate of drug-likeness (QED) is 0.835. The highest BCUT2D eigenvalue weighted by Crippen LogP contribution is 2.22. The minimum Gasteiger partial charge on any atom is -0.338 e. The molecule has 0 aromatic carbocycles. The summed E-state index contributed by atoms with van der Waals surface area (Å²) < 4.78 is 0. The van der Waals surface area contributed by atoms with Crippen LogP contribution in [0.3, 0.4) is 0 Å². The molecule has 2 saturated heterocycles. The molecule has 18 heavy (non-hydrogen) atoms. The van der Waals surface area contributed by atoms with E-state index < -0.39 is 0 Å². The summed E-state index contributed by atoms with van der Waals surface area (Å²) in [4.78, 5) is 20.7. The van der Waals surface area contributed by atoms with Crippen molar-refractivity contribution in [1.29, 1.82) is 0 Å². The third-order valence-electron chi connectivity index (χ3n) is 3.87. The summed E-state index contributed by atoms with van der Waals surface area (Å²) in [5, 5.41) is 3.21. The number of carbonyl (C=O) groups excluding carboxylic acids is 1. The third kappa shape index (κ3) is 2.57. The van der Waals surface area contributed by atoms with Gasteiger partial charge in [0, 0.05) is 37.1 Å². The van der Waals surface area contributed by atoms with Crippen molar-refractivity contribution < 1.29 is 4.79 Å². The maximum Gasteiger partial charge on any atom is 0.222 e. The normalized spacial score (nSPS) is 25.9. The first kappa shape index (κ1) is 12.1. The van der Waals surface area contributed by atoms with Gasteiger partial charge in [-0.1, -0.05) is 0 Å². The van der Waals surface area contributed by atoms with Crippen molar-refractivity contribution >= 4 is 17.2 Å². The van der Waals surface area contributed by atoms with Crippen molar-refractivity contribution in [3.05, 3.63) is 16.6 Å². The Labute approximate surface area is 112 Å². The number of carbonyl (C=O) groups is 1. The fourth-order valence-electron chi connectivity index (χ4n) is 3.01. The number of hydrogen-bond acceptors (Lipinski definition) is 4. The van der Waals surface area contributed by atoms with E-state index in [1.165, 1.54) is 17.8 Å². The minimum absolute atomic E-state index is 0.357. The van der Waals surface area contributed by atoms with Gasteiger partial charge in [-0.05, 0) is 25.8 Å². The molecule has 1 atom stereocenters.